The summed E-state index contributed by atoms with van der Waals surface area (Å²) in [5.74, 6) is 0.389. The maximum absolute atomic E-state index is 13.1. The Labute approximate surface area is 168 Å². The van der Waals surface area contributed by atoms with E-state index in [-0.39, 0.29) is 17.7 Å². The van der Waals surface area contributed by atoms with E-state index < -0.39 is 0 Å². The topological polar surface area (TPSA) is 92.7 Å². The van der Waals surface area contributed by atoms with Gasteiger partial charge in [0.2, 0.25) is 5.91 Å². The van der Waals surface area contributed by atoms with E-state index in [0.717, 1.165) is 61.5 Å². The van der Waals surface area contributed by atoms with Gasteiger partial charge in [0, 0.05) is 48.5 Å². The summed E-state index contributed by atoms with van der Waals surface area (Å²) in [5.41, 5.74) is 9.54. The molecule has 8 heteroatoms. The number of aryl methyl sites for hydroxylation is 2. The number of nitrogens with zero attached hydrogens (tertiary/aromatic N) is 3. The summed E-state index contributed by atoms with van der Waals surface area (Å²) < 4.78 is 5.28. The number of amides is 2. The van der Waals surface area contributed by atoms with Crippen LogP contribution in [0.15, 0.2) is 9.90 Å². The number of hydrogen-bond donors (Lipinski definition) is 1. The van der Waals surface area contributed by atoms with Crippen LogP contribution in [0.4, 0.5) is 0 Å². The number of carbonyl (C=O) groups excluding carboxylic acids is 2. The van der Waals surface area contributed by atoms with Gasteiger partial charge in [-0.1, -0.05) is 5.16 Å². The lowest BCUT2D eigenvalue weighted by atomic mass is 9.96. The van der Waals surface area contributed by atoms with Crippen molar-refractivity contribution in [3.05, 3.63) is 38.4 Å². The first-order valence-electron chi connectivity index (χ1n) is 9.76. The fraction of sp³-hybridized carbons (Fsp3) is 0.550. The molecule has 28 heavy (non-hydrogen) atoms. The molecule has 0 saturated carbocycles. The summed E-state index contributed by atoms with van der Waals surface area (Å²) in [7, 11) is 0. The van der Waals surface area contributed by atoms with E-state index in [1.807, 2.05) is 19.2 Å². The normalized spacial score (nSPS) is 20.2. The van der Waals surface area contributed by atoms with Crippen LogP contribution in [0, 0.1) is 19.8 Å². The Balaban J connectivity index is 1.46. The number of carbonyl (C=O) groups is 2. The number of hydrogen-bond acceptors (Lipinski definition) is 6. The van der Waals surface area contributed by atoms with Crippen molar-refractivity contribution in [2.45, 2.75) is 46.2 Å². The van der Waals surface area contributed by atoms with Gasteiger partial charge in [0.1, 0.15) is 5.76 Å². The highest BCUT2D eigenvalue weighted by atomic mass is 32.1. The number of rotatable bonds is 4. The first-order valence-corrected chi connectivity index (χ1v) is 10.6. The van der Waals surface area contributed by atoms with Crippen molar-refractivity contribution in [3.8, 4) is 0 Å². The van der Waals surface area contributed by atoms with Gasteiger partial charge in [0.05, 0.1) is 17.2 Å². The highest BCUT2D eigenvalue weighted by molar-refractivity contribution is 7.10. The summed E-state index contributed by atoms with van der Waals surface area (Å²) in [6.45, 7) is 7.61. The van der Waals surface area contributed by atoms with Gasteiger partial charge in [-0.15, -0.1) is 11.3 Å². The standard InChI is InChI=1S/C20H26N4O3S/c1-12-16(13(2)27-22-12)9-23-7-5-15-17(11-28-18(15)10-23)20(26)24-6-3-4-14(8-24)19(21)25/h11,14H,3-10H2,1-2H3,(H2,21,25)/t14-/m0/s1. The van der Waals surface area contributed by atoms with Gasteiger partial charge >= 0.3 is 0 Å². The van der Waals surface area contributed by atoms with Crippen molar-refractivity contribution in [1.82, 2.24) is 15.0 Å². The summed E-state index contributed by atoms with van der Waals surface area (Å²) in [6, 6.07) is 0. The summed E-state index contributed by atoms with van der Waals surface area (Å²) >= 11 is 1.66. The molecular weight excluding hydrogens is 376 g/mol. The van der Waals surface area contributed by atoms with E-state index in [2.05, 4.69) is 10.1 Å². The van der Waals surface area contributed by atoms with Crippen LogP contribution < -0.4 is 5.73 Å². The lowest BCUT2D eigenvalue weighted by molar-refractivity contribution is -0.123. The molecule has 0 bridgehead atoms. The highest BCUT2D eigenvalue weighted by Gasteiger charge is 2.31. The van der Waals surface area contributed by atoms with Crippen LogP contribution in [0.5, 0.6) is 0 Å². The van der Waals surface area contributed by atoms with Crippen molar-refractivity contribution in [2.24, 2.45) is 11.7 Å². The summed E-state index contributed by atoms with van der Waals surface area (Å²) in [6.07, 6.45) is 2.46. The average molecular weight is 403 g/mol. The molecule has 2 aliphatic heterocycles. The third-order valence-corrected chi connectivity index (χ3v) is 6.94. The molecule has 4 rings (SSSR count). The van der Waals surface area contributed by atoms with E-state index in [9.17, 15) is 9.59 Å². The number of primary amides is 1. The minimum absolute atomic E-state index is 0.0441. The van der Waals surface area contributed by atoms with Gasteiger partial charge in [-0.2, -0.15) is 0 Å². The fourth-order valence-electron chi connectivity index (χ4n) is 4.21. The molecule has 0 radical (unpaired) electrons. The third kappa shape index (κ3) is 3.58. The predicted octanol–water partition coefficient (Wildman–Crippen LogP) is 2.25. The maximum Gasteiger partial charge on any atom is 0.255 e. The van der Waals surface area contributed by atoms with Crippen molar-refractivity contribution in [2.75, 3.05) is 19.6 Å². The molecule has 0 unspecified atom stereocenters. The van der Waals surface area contributed by atoms with E-state index >= 15 is 0 Å². The molecule has 150 valence electrons. The van der Waals surface area contributed by atoms with Gasteiger partial charge in [-0.3, -0.25) is 14.5 Å². The average Bonchev–Trinajstić information content (AvgIpc) is 3.25. The van der Waals surface area contributed by atoms with Crippen LogP contribution in [-0.2, 0) is 24.3 Å². The van der Waals surface area contributed by atoms with Gasteiger partial charge in [-0.05, 0) is 38.7 Å². The third-order valence-electron chi connectivity index (χ3n) is 5.93. The SMILES string of the molecule is Cc1noc(C)c1CN1CCc2c(C(=O)N3CCC[C@H](C(N)=O)C3)csc2C1. The zero-order chi connectivity index (χ0) is 19.8. The fourth-order valence-corrected chi connectivity index (χ4v) is 5.33. The predicted molar refractivity (Wildman–Crippen MR) is 106 cm³/mol. The lowest BCUT2D eigenvalue weighted by Gasteiger charge is -2.32. The number of likely N-dealkylation sites (tertiary alicyclic amines) is 1. The van der Waals surface area contributed by atoms with Crippen molar-refractivity contribution in [3.63, 3.8) is 0 Å². The molecule has 2 aromatic rings. The molecule has 0 spiro atoms. The van der Waals surface area contributed by atoms with Crippen LogP contribution in [0.1, 0.15) is 50.7 Å². The largest absolute Gasteiger partial charge is 0.369 e. The van der Waals surface area contributed by atoms with E-state index in [1.54, 1.807) is 16.2 Å². The monoisotopic (exact) mass is 402 g/mol. The molecule has 2 aliphatic rings. The number of nitrogens with two attached hydrogens (primary N) is 1. The lowest BCUT2D eigenvalue weighted by Crippen LogP contribution is -2.44. The van der Waals surface area contributed by atoms with Crippen LogP contribution >= 0.6 is 11.3 Å². The molecule has 1 saturated heterocycles. The van der Waals surface area contributed by atoms with E-state index in [1.165, 1.54) is 10.4 Å². The summed E-state index contributed by atoms with van der Waals surface area (Å²) in [4.78, 5) is 30.0. The quantitative estimate of drug-likeness (QED) is 0.847. The molecule has 2 amide bonds. The first kappa shape index (κ1) is 19.1. The Morgan fingerprint density at radius 3 is 2.89 bits per heavy atom. The van der Waals surface area contributed by atoms with Crippen molar-refractivity contribution < 1.29 is 14.1 Å². The van der Waals surface area contributed by atoms with Crippen molar-refractivity contribution in [1.29, 1.82) is 0 Å². The number of fused-ring (bicyclic) bond motifs is 1. The van der Waals surface area contributed by atoms with Gasteiger partial charge in [0.15, 0.2) is 0 Å². The zero-order valence-electron chi connectivity index (χ0n) is 16.4. The molecule has 0 aromatic carbocycles. The molecule has 1 fully saturated rings. The van der Waals surface area contributed by atoms with Gasteiger partial charge in [-0.25, -0.2) is 0 Å². The Bertz CT molecular complexity index is 884. The molecule has 4 heterocycles. The van der Waals surface area contributed by atoms with Crippen LogP contribution in [0.2, 0.25) is 0 Å². The van der Waals surface area contributed by atoms with E-state index in [4.69, 9.17) is 10.3 Å². The van der Waals surface area contributed by atoms with Crippen LogP contribution in [-0.4, -0.2) is 46.4 Å². The smallest absolute Gasteiger partial charge is 0.255 e. The zero-order valence-corrected chi connectivity index (χ0v) is 17.2. The Hall–Kier alpha value is -2.19. The Morgan fingerprint density at radius 1 is 1.36 bits per heavy atom. The number of thiophene rings is 1. The highest BCUT2D eigenvalue weighted by Crippen LogP contribution is 2.31. The first-order chi connectivity index (χ1) is 13.4. The van der Waals surface area contributed by atoms with Crippen LogP contribution in [0.25, 0.3) is 0 Å². The maximum atomic E-state index is 13.1. The number of piperidine rings is 1. The molecule has 1 atom stereocenters. The molecular formula is C20H26N4O3S. The molecule has 7 nitrogen and oxygen atoms in total. The Kier molecular flexibility index (Phi) is 5.25. The minimum Gasteiger partial charge on any atom is -0.369 e. The summed E-state index contributed by atoms with van der Waals surface area (Å²) in [5, 5.41) is 6.03. The second kappa shape index (κ2) is 7.67. The van der Waals surface area contributed by atoms with Gasteiger partial charge < -0.3 is 15.2 Å². The Morgan fingerprint density at radius 2 is 2.18 bits per heavy atom. The number of aromatic nitrogens is 1. The second-order valence-corrected chi connectivity index (χ2v) is 8.77. The molecule has 2 N–H and O–H groups in total. The van der Waals surface area contributed by atoms with Crippen molar-refractivity contribution >= 4 is 23.2 Å². The molecule has 0 aliphatic carbocycles. The van der Waals surface area contributed by atoms with Crippen LogP contribution in [0.3, 0.4) is 0 Å². The van der Waals surface area contributed by atoms with Gasteiger partial charge in [0.25, 0.3) is 5.91 Å². The second-order valence-electron chi connectivity index (χ2n) is 7.81. The molecule has 2 aromatic heterocycles. The van der Waals surface area contributed by atoms with E-state index in [0.29, 0.717) is 13.1 Å². The minimum atomic E-state index is -0.306.